The number of nitrogens with zero attached hydrogens (tertiary/aromatic N) is 1. The van der Waals surface area contributed by atoms with Gasteiger partial charge in [0.2, 0.25) is 11.8 Å². The normalized spacial score (nSPS) is 26.5. The Kier molecular flexibility index (Phi) is 4.91. The summed E-state index contributed by atoms with van der Waals surface area (Å²) in [6.45, 7) is 6.52. The molecular formula is C16H28N2O3. The molecule has 1 N–H and O–H groups in total. The van der Waals surface area contributed by atoms with Gasteiger partial charge in [-0.3, -0.25) is 9.59 Å². The lowest BCUT2D eigenvalue weighted by Crippen LogP contribution is -2.72. The first kappa shape index (κ1) is 16.3. The van der Waals surface area contributed by atoms with Crippen molar-refractivity contribution >= 4 is 11.8 Å². The second-order valence-electron chi connectivity index (χ2n) is 6.70. The highest BCUT2D eigenvalue weighted by atomic mass is 16.5. The van der Waals surface area contributed by atoms with E-state index in [4.69, 9.17) is 4.74 Å². The van der Waals surface area contributed by atoms with E-state index >= 15 is 0 Å². The molecule has 2 rings (SSSR count). The zero-order chi connectivity index (χ0) is 15.6. The molecule has 0 radical (unpaired) electrons. The summed E-state index contributed by atoms with van der Waals surface area (Å²) in [6.07, 6.45) is 4.34. The molecule has 2 unspecified atom stereocenters. The third-order valence-electron chi connectivity index (χ3n) is 4.89. The molecule has 120 valence electrons. The van der Waals surface area contributed by atoms with E-state index in [0.29, 0.717) is 6.61 Å². The van der Waals surface area contributed by atoms with Crippen molar-refractivity contribution in [2.24, 2.45) is 5.92 Å². The number of rotatable bonds is 5. The first-order chi connectivity index (χ1) is 9.96. The van der Waals surface area contributed by atoms with Gasteiger partial charge in [0.05, 0.1) is 12.6 Å². The van der Waals surface area contributed by atoms with Crippen molar-refractivity contribution in [2.75, 3.05) is 13.7 Å². The smallest absolute Gasteiger partial charge is 0.249 e. The van der Waals surface area contributed by atoms with Crippen molar-refractivity contribution in [1.29, 1.82) is 0 Å². The van der Waals surface area contributed by atoms with Crippen molar-refractivity contribution in [3.05, 3.63) is 0 Å². The molecular weight excluding hydrogens is 268 g/mol. The number of piperazine rings is 1. The molecule has 1 aliphatic carbocycles. The van der Waals surface area contributed by atoms with Crippen LogP contribution in [0, 0.1) is 5.92 Å². The van der Waals surface area contributed by atoms with E-state index < -0.39 is 5.54 Å². The zero-order valence-corrected chi connectivity index (χ0v) is 13.6. The van der Waals surface area contributed by atoms with Gasteiger partial charge in [-0.15, -0.1) is 0 Å². The number of hydrogen-bond donors (Lipinski definition) is 1. The Morgan fingerprint density at radius 1 is 1.33 bits per heavy atom. The van der Waals surface area contributed by atoms with Crippen LogP contribution in [0.2, 0.25) is 0 Å². The topological polar surface area (TPSA) is 58.6 Å². The van der Waals surface area contributed by atoms with Crippen molar-refractivity contribution in [3.63, 3.8) is 0 Å². The Hall–Kier alpha value is -1.10. The molecule has 0 aromatic heterocycles. The fraction of sp³-hybridized carbons (Fsp3) is 0.875. The van der Waals surface area contributed by atoms with Crippen LogP contribution in [0.25, 0.3) is 0 Å². The van der Waals surface area contributed by atoms with E-state index in [-0.39, 0.29) is 29.8 Å². The van der Waals surface area contributed by atoms with Gasteiger partial charge >= 0.3 is 0 Å². The Balaban J connectivity index is 2.36. The summed E-state index contributed by atoms with van der Waals surface area (Å²) < 4.78 is 5.29. The molecule has 2 fully saturated rings. The largest absolute Gasteiger partial charge is 0.383 e. The van der Waals surface area contributed by atoms with E-state index in [1.807, 2.05) is 25.7 Å². The Labute approximate surface area is 127 Å². The summed E-state index contributed by atoms with van der Waals surface area (Å²) >= 11 is 0. The highest BCUT2D eigenvalue weighted by Gasteiger charge is 2.54. The number of carbonyl (C=O) groups is 2. The second kappa shape index (κ2) is 6.34. The van der Waals surface area contributed by atoms with Crippen LogP contribution in [-0.4, -0.2) is 48.1 Å². The van der Waals surface area contributed by atoms with Crippen LogP contribution >= 0.6 is 0 Å². The van der Waals surface area contributed by atoms with Crippen molar-refractivity contribution in [2.45, 2.75) is 70.5 Å². The molecule has 0 aromatic carbocycles. The zero-order valence-electron chi connectivity index (χ0n) is 13.6. The maximum Gasteiger partial charge on any atom is 0.249 e. The first-order valence-corrected chi connectivity index (χ1v) is 8.10. The number of nitrogens with one attached hydrogen (secondary N) is 1. The molecule has 0 aromatic rings. The van der Waals surface area contributed by atoms with Gasteiger partial charge in [-0.25, -0.2) is 0 Å². The van der Waals surface area contributed by atoms with Gasteiger partial charge < -0.3 is 15.0 Å². The quantitative estimate of drug-likeness (QED) is 0.840. The van der Waals surface area contributed by atoms with E-state index in [2.05, 4.69) is 5.32 Å². The van der Waals surface area contributed by atoms with Crippen LogP contribution in [0.3, 0.4) is 0 Å². The maximum absolute atomic E-state index is 13.1. The van der Waals surface area contributed by atoms with E-state index in [9.17, 15) is 9.59 Å². The fourth-order valence-corrected chi connectivity index (χ4v) is 3.78. The maximum atomic E-state index is 13.1. The molecule has 1 saturated carbocycles. The minimum Gasteiger partial charge on any atom is -0.383 e. The Bertz CT molecular complexity index is 402. The molecule has 1 heterocycles. The van der Waals surface area contributed by atoms with Gasteiger partial charge in [0.1, 0.15) is 11.6 Å². The van der Waals surface area contributed by atoms with Gasteiger partial charge in [-0.1, -0.05) is 33.6 Å². The first-order valence-electron chi connectivity index (χ1n) is 8.10. The average molecular weight is 296 g/mol. The van der Waals surface area contributed by atoms with Gasteiger partial charge in [0.15, 0.2) is 0 Å². The lowest BCUT2D eigenvalue weighted by molar-refractivity contribution is -0.161. The van der Waals surface area contributed by atoms with Gasteiger partial charge in [-0.05, 0) is 25.2 Å². The standard InChI is InChI=1S/C16H28N2O3/c1-5-12(10-21-4)18-13(11(2)3)14(19)17-16(15(18)20)8-6-7-9-16/h11-13H,5-10H2,1-4H3,(H,17,19). The highest BCUT2D eigenvalue weighted by Crippen LogP contribution is 2.37. The van der Waals surface area contributed by atoms with Crippen molar-refractivity contribution in [3.8, 4) is 0 Å². The molecule has 5 nitrogen and oxygen atoms in total. The number of ether oxygens (including phenoxy) is 1. The predicted molar refractivity (Wildman–Crippen MR) is 80.8 cm³/mol. The number of methoxy groups -OCH3 is 1. The summed E-state index contributed by atoms with van der Waals surface area (Å²) in [6, 6.07) is -0.415. The molecule has 5 heteroatoms. The minimum atomic E-state index is -0.649. The van der Waals surface area contributed by atoms with E-state index in [0.717, 1.165) is 32.1 Å². The summed E-state index contributed by atoms with van der Waals surface area (Å²) in [4.78, 5) is 27.6. The minimum absolute atomic E-state index is 0.000975. The SMILES string of the molecule is CCC(COC)N1C(=O)C2(CCCC2)NC(=O)C1C(C)C. The molecule has 1 aliphatic heterocycles. The Morgan fingerprint density at radius 2 is 1.95 bits per heavy atom. The second-order valence-corrected chi connectivity index (χ2v) is 6.70. The van der Waals surface area contributed by atoms with Gasteiger partial charge in [-0.2, -0.15) is 0 Å². The van der Waals surface area contributed by atoms with Crippen LogP contribution in [0.4, 0.5) is 0 Å². The highest BCUT2D eigenvalue weighted by molar-refractivity contribution is 6.00. The average Bonchev–Trinajstić information content (AvgIpc) is 2.89. The van der Waals surface area contributed by atoms with Gasteiger partial charge in [0.25, 0.3) is 0 Å². The third-order valence-corrected chi connectivity index (χ3v) is 4.89. The van der Waals surface area contributed by atoms with Crippen LogP contribution in [-0.2, 0) is 14.3 Å². The number of hydrogen-bond acceptors (Lipinski definition) is 3. The molecule has 2 aliphatic rings. The van der Waals surface area contributed by atoms with E-state index in [1.165, 1.54) is 0 Å². The molecule has 1 spiro atoms. The molecule has 21 heavy (non-hydrogen) atoms. The lowest BCUT2D eigenvalue weighted by Gasteiger charge is -2.48. The monoisotopic (exact) mass is 296 g/mol. The van der Waals surface area contributed by atoms with Crippen LogP contribution in [0.15, 0.2) is 0 Å². The molecule has 2 atom stereocenters. The van der Waals surface area contributed by atoms with Crippen LogP contribution in [0.5, 0.6) is 0 Å². The van der Waals surface area contributed by atoms with Crippen molar-refractivity contribution in [1.82, 2.24) is 10.2 Å². The van der Waals surface area contributed by atoms with Gasteiger partial charge in [0, 0.05) is 7.11 Å². The Morgan fingerprint density at radius 3 is 2.43 bits per heavy atom. The molecule has 0 bridgehead atoms. The number of amides is 2. The summed E-state index contributed by atoms with van der Waals surface area (Å²) in [5.41, 5.74) is -0.649. The summed E-state index contributed by atoms with van der Waals surface area (Å²) in [7, 11) is 1.65. The fourth-order valence-electron chi connectivity index (χ4n) is 3.78. The molecule has 1 saturated heterocycles. The summed E-state index contributed by atoms with van der Waals surface area (Å²) in [5, 5.41) is 3.05. The lowest BCUT2D eigenvalue weighted by atomic mass is 9.86. The van der Waals surface area contributed by atoms with Crippen LogP contribution in [0.1, 0.15) is 52.9 Å². The van der Waals surface area contributed by atoms with Crippen molar-refractivity contribution < 1.29 is 14.3 Å². The summed E-state index contributed by atoms with van der Waals surface area (Å²) in [5.74, 6) is 0.196. The predicted octanol–water partition coefficient (Wildman–Crippen LogP) is 1.71. The third kappa shape index (κ3) is 2.80. The van der Waals surface area contributed by atoms with E-state index in [1.54, 1.807) is 7.11 Å². The van der Waals surface area contributed by atoms with Crippen LogP contribution < -0.4 is 5.32 Å². The molecule has 2 amide bonds. The number of carbonyl (C=O) groups excluding carboxylic acids is 2.